The standard InChI is InChI=1S/C25H34F2N4O2/c1-15-12-20(18-6-5-11-30-21(18)14-24(2,3)33-23(30)32)31-22(28-15)13-19(29-31)16-7-9-17(10-8-16)25(4,26)27/h12-13,16-18,21H,5-11,14H2,1-4H3/t16?,17?,18-,21+/m0/s1. The average molecular weight is 461 g/mol. The van der Waals surface area contributed by atoms with Gasteiger partial charge in [0.05, 0.1) is 11.4 Å². The zero-order chi connectivity index (χ0) is 23.5. The van der Waals surface area contributed by atoms with Crippen LogP contribution < -0.4 is 0 Å². The number of hydrogen-bond donors (Lipinski definition) is 0. The topological polar surface area (TPSA) is 59.7 Å². The van der Waals surface area contributed by atoms with Gasteiger partial charge in [0.2, 0.25) is 5.92 Å². The van der Waals surface area contributed by atoms with Crippen LogP contribution in [-0.4, -0.2) is 49.7 Å². The Morgan fingerprint density at radius 2 is 1.88 bits per heavy atom. The predicted molar refractivity (Wildman–Crippen MR) is 121 cm³/mol. The third-order valence-electron chi connectivity index (χ3n) is 7.92. The van der Waals surface area contributed by atoms with Crippen molar-refractivity contribution < 1.29 is 18.3 Å². The molecule has 5 rings (SSSR count). The van der Waals surface area contributed by atoms with Crippen molar-refractivity contribution in [2.24, 2.45) is 5.92 Å². The fourth-order valence-electron chi connectivity index (χ4n) is 6.23. The van der Waals surface area contributed by atoms with E-state index in [0.29, 0.717) is 12.8 Å². The summed E-state index contributed by atoms with van der Waals surface area (Å²) in [7, 11) is 0. The molecule has 0 spiro atoms. The number of piperidine rings is 1. The first-order valence-electron chi connectivity index (χ1n) is 12.3. The fraction of sp³-hybridized carbons (Fsp3) is 0.720. The fourth-order valence-corrected chi connectivity index (χ4v) is 6.23. The average Bonchev–Trinajstić information content (AvgIpc) is 3.15. The summed E-state index contributed by atoms with van der Waals surface area (Å²) in [4.78, 5) is 19.3. The second kappa shape index (κ2) is 7.91. The summed E-state index contributed by atoms with van der Waals surface area (Å²) in [6, 6.07) is 4.19. The lowest BCUT2D eigenvalue weighted by Crippen LogP contribution is -2.57. The minimum absolute atomic E-state index is 0.0647. The molecule has 0 N–H and O–H groups in total. The van der Waals surface area contributed by atoms with Crippen molar-refractivity contribution in [2.75, 3.05) is 6.54 Å². The van der Waals surface area contributed by atoms with Crippen molar-refractivity contribution >= 4 is 11.7 Å². The second-order valence-corrected chi connectivity index (χ2v) is 11.0. The van der Waals surface area contributed by atoms with Crippen LogP contribution in [0.25, 0.3) is 5.65 Å². The Labute approximate surface area is 193 Å². The van der Waals surface area contributed by atoms with E-state index in [0.717, 1.165) is 68.3 Å². The molecule has 2 aromatic heterocycles. The van der Waals surface area contributed by atoms with Gasteiger partial charge in [-0.05, 0) is 72.3 Å². The number of fused-ring (bicyclic) bond motifs is 2. The van der Waals surface area contributed by atoms with Crippen LogP contribution in [-0.2, 0) is 4.74 Å². The van der Waals surface area contributed by atoms with E-state index in [1.54, 1.807) is 0 Å². The predicted octanol–water partition coefficient (Wildman–Crippen LogP) is 5.83. The highest BCUT2D eigenvalue weighted by Gasteiger charge is 2.46. The van der Waals surface area contributed by atoms with Crippen molar-refractivity contribution in [3.8, 4) is 0 Å². The quantitative estimate of drug-likeness (QED) is 0.578. The molecule has 2 atom stereocenters. The van der Waals surface area contributed by atoms with Crippen molar-refractivity contribution in [3.05, 3.63) is 29.2 Å². The molecule has 33 heavy (non-hydrogen) atoms. The summed E-state index contributed by atoms with van der Waals surface area (Å²) in [5, 5.41) is 4.96. The molecule has 1 saturated carbocycles. The molecule has 180 valence electrons. The number of aromatic nitrogens is 3. The van der Waals surface area contributed by atoms with Gasteiger partial charge in [0.15, 0.2) is 5.65 Å². The molecular formula is C25H34F2N4O2. The van der Waals surface area contributed by atoms with Crippen molar-refractivity contribution in [3.63, 3.8) is 0 Å². The molecule has 0 aromatic carbocycles. The Morgan fingerprint density at radius 1 is 1.15 bits per heavy atom. The maximum atomic E-state index is 13.8. The highest BCUT2D eigenvalue weighted by atomic mass is 19.3. The number of amides is 1. The molecule has 1 amide bonds. The maximum Gasteiger partial charge on any atom is 0.410 e. The molecule has 3 aliphatic rings. The van der Waals surface area contributed by atoms with Crippen LogP contribution in [0.5, 0.6) is 0 Å². The Balaban J connectivity index is 1.47. The summed E-state index contributed by atoms with van der Waals surface area (Å²) in [5.74, 6) is -2.82. The number of halogens is 2. The van der Waals surface area contributed by atoms with Gasteiger partial charge in [0.25, 0.3) is 0 Å². The van der Waals surface area contributed by atoms with Gasteiger partial charge in [-0.2, -0.15) is 5.10 Å². The summed E-state index contributed by atoms with van der Waals surface area (Å²) in [6.45, 7) is 7.70. The van der Waals surface area contributed by atoms with E-state index in [1.807, 2.05) is 36.3 Å². The van der Waals surface area contributed by atoms with Crippen LogP contribution >= 0.6 is 0 Å². The summed E-state index contributed by atoms with van der Waals surface area (Å²) >= 11 is 0. The van der Waals surface area contributed by atoms with Crippen LogP contribution in [0.3, 0.4) is 0 Å². The van der Waals surface area contributed by atoms with E-state index in [9.17, 15) is 13.6 Å². The number of hydrogen-bond acceptors (Lipinski definition) is 4. The highest BCUT2D eigenvalue weighted by molar-refractivity contribution is 5.70. The lowest BCUT2D eigenvalue weighted by atomic mass is 9.78. The molecule has 0 unspecified atom stereocenters. The molecule has 4 heterocycles. The van der Waals surface area contributed by atoms with E-state index in [-0.39, 0.29) is 24.0 Å². The first kappa shape index (κ1) is 22.5. The van der Waals surface area contributed by atoms with Gasteiger partial charge < -0.3 is 9.64 Å². The minimum Gasteiger partial charge on any atom is -0.443 e. The molecule has 8 heteroatoms. The van der Waals surface area contributed by atoms with Gasteiger partial charge in [0, 0.05) is 48.5 Å². The van der Waals surface area contributed by atoms with Crippen LogP contribution in [0.4, 0.5) is 13.6 Å². The number of ether oxygens (including phenoxy) is 1. The Morgan fingerprint density at radius 3 is 2.58 bits per heavy atom. The number of aryl methyl sites for hydroxylation is 1. The van der Waals surface area contributed by atoms with E-state index in [4.69, 9.17) is 14.8 Å². The summed E-state index contributed by atoms with van der Waals surface area (Å²) in [5.41, 5.74) is 3.26. The number of carbonyl (C=O) groups excluding carboxylic acids is 1. The van der Waals surface area contributed by atoms with E-state index < -0.39 is 17.4 Å². The molecule has 3 fully saturated rings. The molecule has 0 bridgehead atoms. The molecule has 2 aromatic rings. The number of carbonyl (C=O) groups is 1. The highest BCUT2D eigenvalue weighted by Crippen LogP contribution is 2.43. The molecule has 0 radical (unpaired) electrons. The van der Waals surface area contributed by atoms with Crippen molar-refractivity contribution in [1.82, 2.24) is 19.5 Å². The third kappa shape index (κ3) is 4.21. The molecular weight excluding hydrogens is 426 g/mol. The SMILES string of the molecule is Cc1cc([C@@H]2CCCN3C(=O)OC(C)(C)C[C@H]23)n2nc(C3CCC(C(C)(F)F)CC3)cc2n1. The zero-order valence-corrected chi connectivity index (χ0v) is 20.0. The Bertz CT molecular complexity index is 1050. The third-order valence-corrected chi connectivity index (χ3v) is 7.92. The zero-order valence-electron chi connectivity index (χ0n) is 20.0. The number of alkyl halides is 2. The van der Waals surface area contributed by atoms with Crippen LogP contribution in [0.15, 0.2) is 12.1 Å². The van der Waals surface area contributed by atoms with E-state index in [2.05, 4.69) is 6.07 Å². The van der Waals surface area contributed by atoms with Gasteiger partial charge >= 0.3 is 6.09 Å². The smallest absolute Gasteiger partial charge is 0.410 e. The second-order valence-electron chi connectivity index (χ2n) is 11.0. The van der Waals surface area contributed by atoms with Crippen LogP contribution in [0, 0.1) is 12.8 Å². The monoisotopic (exact) mass is 460 g/mol. The number of nitrogens with zero attached hydrogens (tertiary/aromatic N) is 4. The van der Waals surface area contributed by atoms with Gasteiger partial charge in [-0.15, -0.1) is 0 Å². The lowest BCUT2D eigenvalue weighted by molar-refractivity contribution is -0.0632. The Kier molecular flexibility index (Phi) is 5.40. The van der Waals surface area contributed by atoms with Gasteiger partial charge in [-0.1, -0.05) is 0 Å². The number of cyclic esters (lactones) is 1. The maximum absolute atomic E-state index is 13.8. The van der Waals surface area contributed by atoms with Gasteiger partial charge in [-0.3, -0.25) is 0 Å². The molecule has 2 saturated heterocycles. The Hall–Kier alpha value is -2.25. The van der Waals surface area contributed by atoms with Crippen LogP contribution in [0.2, 0.25) is 0 Å². The summed E-state index contributed by atoms with van der Waals surface area (Å²) in [6.07, 6.45) is 4.95. The molecule has 2 aliphatic heterocycles. The first-order valence-corrected chi connectivity index (χ1v) is 12.3. The van der Waals surface area contributed by atoms with E-state index >= 15 is 0 Å². The molecule has 6 nitrogen and oxygen atoms in total. The summed E-state index contributed by atoms with van der Waals surface area (Å²) < 4.78 is 35.1. The minimum atomic E-state index is -2.61. The normalized spacial score (nSPS) is 30.2. The van der Waals surface area contributed by atoms with Gasteiger partial charge in [-0.25, -0.2) is 23.1 Å². The molecule has 1 aliphatic carbocycles. The van der Waals surface area contributed by atoms with Gasteiger partial charge in [0.1, 0.15) is 5.60 Å². The lowest BCUT2D eigenvalue weighted by Gasteiger charge is -2.48. The van der Waals surface area contributed by atoms with Crippen molar-refractivity contribution in [1.29, 1.82) is 0 Å². The first-order chi connectivity index (χ1) is 15.5. The largest absolute Gasteiger partial charge is 0.443 e. The van der Waals surface area contributed by atoms with Crippen molar-refractivity contribution in [2.45, 2.75) is 102 Å². The number of rotatable bonds is 3. The van der Waals surface area contributed by atoms with Crippen LogP contribution in [0.1, 0.15) is 94.6 Å². The van der Waals surface area contributed by atoms with E-state index in [1.165, 1.54) is 0 Å².